The molecule has 0 aliphatic heterocycles. The maximum Gasteiger partial charge on any atom is 0.387 e. The smallest absolute Gasteiger partial charge is 0.387 e. The molecule has 24 heavy (non-hydrogen) atoms. The number of anilines is 1. The van der Waals surface area contributed by atoms with E-state index in [0.717, 1.165) is 0 Å². The van der Waals surface area contributed by atoms with Gasteiger partial charge in [-0.25, -0.2) is 4.79 Å². The fourth-order valence-corrected chi connectivity index (χ4v) is 2.27. The molecular formula is C16H12BrF2NO4. The Labute approximate surface area is 144 Å². The molecule has 2 aromatic carbocycles. The van der Waals surface area contributed by atoms with Crippen LogP contribution in [0.1, 0.15) is 20.7 Å². The third kappa shape index (κ3) is 4.51. The number of esters is 1. The van der Waals surface area contributed by atoms with E-state index >= 15 is 0 Å². The first-order valence-electron chi connectivity index (χ1n) is 6.65. The van der Waals surface area contributed by atoms with E-state index in [-0.39, 0.29) is 22.6 Å². The average molecular weight is 400 g/mol. The number of carbonyl (C=O) groups excluding carboxylic acids is 2. The lowest BCUT2D eigenvalue weighted by Gasteiger charge is -2.11. The first kappa shape index (κ1) is 17.9. The SMILES string of the molecule is COC(=O)c1cc(Br)ccc1NC(=O)c1cccc(OC(F)F)c1. The van der Waals surface area contributed by atoms with Crippen molar-refractivity contribution >= 4 is 33.5 Å². The van der Waals surface area contributed by atoms with Gasteiger partial charge in [-0.15, -0.1) is 0 Å². The molecule has 1 N–H and O–H groups in total. The Morgan fingerprint density at radius 3 is 2.58 bits per heavy atom. The number of halogens is 3. The molecule has 0 fully saturated rings. The van der Waals surface area contributed by atoms with Crippen molar-refractivity contribution in [1.29, 1.82) is 0 Å². The molecular weight excluding hydrogens is 388 g/mol. The van der Waals surface area contributed by atoms with Crippen molar-refractivity contribution in [2.45, 2.75) is 6.61 Å². The summed E-state index contributed by atoms with van der Waals surface area (Å²) in [6.07, 6.45) is 0. The van der Waals surface area contributed by atoms with Crippen LogP contribution in [0.3, 0.4) is 0 Å². The number of hydrogen-bond acceptors (Lipinski definition) is 4. The van der Waals surface area contributed by atoms with Crippen molar-refractivity contribution in [3.8, 4) is 5.75 Å². The second kappa shape index (κ2) is 7.87. The summed E-state index contributed by atoms with van der Waals surface area (Å²) in [5.74, 6) is -1.34. The van der Waals surface area contributed by atoms with Crippen LogP contribution >= 0.6 is 15.9 Å². The summed E-state index contributed by atoms with van der Waals surface area (Å²) in [5.41, 5.74) is 0.488. The van der Waals surface area contributed by atoms with Crippen molar-refractivity contribution in [1.82, 2.24) is 0 Å². The van der Waals surface area contributed by atoms with Gasteiger partial charge in [0.15, 0.2) is 0 Å². The van der Waals surface area contributed by atoms with Gasteiger partial charge in [0.2, 0.25) is 0 Å². The number of methoxy groups -OCH3 is 1. The molecule has 0 aliphatic rings. The fourth-order valence-electron chi connectivity index (χ4n) is 1.91. The largest absolute Gasteiger partial charge is 0.465 e. The molecule has 0 atom stereocenters. The Morgan fingerprint density at radius 1 is 1.17 bits per heavy atom. The molecule has 126 valence electrons. The van der Waals surface area contributed by atoms with Gasteiger partial charge >= 0.3 is 12.6 Å². The van der Waals surface area contributed by atoms with E-state index in [1.807, 2.05) is 0 Å². The van der Waals surface area contributed by atoms with Gasteiger partial charge in [0, 0.05) is 10.0 Å². The summed E-state index contributed by atoms with van der Waals surface area (Å²) >= 11 is 3.23. The minimum Gasteiger partial charge on any atom is -0.465 e. The number of alkyl halides is 2. The van der Waals surface area contributed by atoms with Gasteiger partial charge in [-0.1, -0.05) is 22.0 Å². The molecule has 0 aliphatic carbocycles. The third-order valence-corrected chi connectivity index (χ3v) is 3.45. The van der Waals surface area contributed by atoms with Crippen LogP contribution in [-0.2, 0) is 4.74 Å². The van der Waals surface area contributed by atoms with Crippen LogP contribution in [0.25, 0.3) is 0 Å². The molecule has 1 amide bonds. The molecule has 5 nitrogen and oxygen atoms in total. The van der Waals surface area contributed by atoms with Crippen LogP contribution in [-0.4, -0.2) is 25.6 Å². The van der Waals surface area contributed by atoms with Gasteiger partial charge in [-0.2, -0.15) is 8.78 Å². The topological polar surface area (TPSA) is 64.6 Å². The van der Waals surface area contributed by atoms with Crippen molar-refractivity contribution in [2.75, 3.05) is 12.4 Å². The second-order valence-electron chi connectivity index (χ2n) is 4.54. The number of carbonyl (C=O) groups is 2. The van der Waals surface area contributed by atoms with Crippen molar-refractivity contribution in [3.05, 3.63) is 58.1 Å². The minimum absolute atomic E-state index is 0.104. The van der Waals surface area contributed by atoms with E-state index < -0.39 is 18.5 Å². The van der Waals surface area contributed by atoms with Gasteiger partial charge in [-0.05, 0) is 36.4 Å². The van der Waals surface area contributed by atoms with Crippen LogP contribution < -0.4 is 10.1 Å². The second-order valence-corrected chi connectivity index (χ2v) is 5.46. The first-order chi connectivity index (χ1) is 11.4. The highest BCUT2D eigenvalue weighted by Gasteiger charge is 2.16. The highest BCUT2D eigenvalue weighted by Crippen LogP contribution is 2.23. The lowest BCUT2D eigenvalue weighted by atomic mass is 10.1. The average Bonchev–Trinajstić information content (AvgIpc) is 2.55. The van der Waals surface area contributed by atoms with Crippen LogP contribution in [0, 0.1) is 0 Å². The molecule has 2 rings (SSSR count). The quantitative estimate of drug-likeness (QED) is 0.769. The fraction of sp³-hybridized carbons (Fsp3) is 0.125. The summed E-state index contributed by atoms with van der Waals surface area (Å²) in [7, 11) is 1.22. The van der Waals surface area contributed by atoms with Crippen molar-refractivity contribution in [2.24, 2.45) is 0 Å². The molecule has 2 aromatic rings. The maximum absolute atomic E-state index is 12.3. The van der Waals surface area contributed by atoms with Gasteiger partial charge in [0.25, 0.3) is 5.91 Å². The van der Waals surface area contributed by atoms with Gasteiger partial charge in [0.1, 0.15) is 5.75 Å². The lowest BCUT2D eigenvalue weighted by molar-refractivity contribution is -0.0498. The van der Waals surface area contributed by atoms with E-state index in [0.29, 0.717) is 4.47 Å². The summed E-state index contributed by atoms with van der Waals surface area (Å²) < 4.78 is 34.0. The minimum atomic E-state index is -2.99. The lowest BCUT2D eigenvalue weighted by Crippen LogP contribution is -2.15. The molecule has 0 saturated carbocycles. The highest BCUT2D eigenvalue weighted by molar-refractivity contribution is 9.10. The molecule has 0 aromatic heterocycles. The predicted molar refractivity (Wildman–Crippen MR) is 86.5 cm³/mol. The van der Waals surface area contributed by atoms with Crippen LogP contribution in [0.2, 0.25) is 0 Å². The Kier molecular flexibility index (Phi) is 5.86. The Morgan fingerprint density at radius 2 is 1.92 bits per heavy atom. The monoisotopic (exact) mass is 399 g/mol. The molecule has 8 heteroatoms. The normalized spacial score (nSPS) is 10.4. The number of nitrogens with one attached hydrogen (secondary N) is 1. The number of hydrogen-bond donors (Lipinski definition) is 1. The van der Waals surface area contributed by atoms with Crippen LogP contribution in [0.4, 0.5) is 14.5 Å². The molecule has 0 saturated heterocycles. The van der Waals surface area contributed by atoms with E-state index in [1.54, 1.807) is 6.07 Å². The summed E-state index contributed by atoms with van der Waals surface area (Å²) in [6.45, 7) is -2.99. The van der Waals surface area contributed by atoms with Gasteiger partial charge < -0.3 is 14.8 Å². The number of benzene rings is 2. The number of amides is 1. The zero-order valence-corrected chi connectivity index (χ0v) is 14.0. The number of ether oxygens (including phenoxy) is 2. The summed E-state index contributed by atoms with van der Waals surface area (Å²) in [4.78, 5) is 24.1. The number of rotatable bonds is 5. The predicted octanol–water partition coefficient (Wildman–Crippen LogP) is 4.09. The first-order valence-corrected chi connectivity index (χ1v) is 7.44. The maximum atomic E-state index is 12.3. The van der Waals surface area contributed by atoms with Crippen LogP contribution in [0.15, 0.2) is 46.9 Å². The zero-order chi connectivity index (χ0) is 17.7. The highest BCUT2D eigenvalue weighted by atomic mass is 79.9. The molecule has 0 radical (unpaired) electrons. The van der Waals surface area contributed by atoms with Gasteiger partial charge in [-0.3, -0.25) is 4.79 Å². The van der Waals surface area contributed by atoms with Gasteiger partial charge in [0.05, 0.1) is 18.4 Å². The standard InChI is InChI=1S/C16H12BrF2NO4/c1-23-15(22)12-8-10(17)5-6-13(12)20-14(21)9-3-2-4-11(7-9)24-16(18)19/h2-8,16H,1H3,(H,20,21). The van der Waals surface area contributed by atoms with E-state index in [4.69, 9.17) is 0 Å². The Bertz CT molecular complexity index is 767. The molecule has 0 unspecified atom stereocenters. The van der Waals surface area contributed by atoms with Crippen molar-refractivity contribution < 1.29 is 27.8 Å². The summed E-state index contributed by atoms with van der Waals surface area (Å²) in [6, 6.07) is 9.99. The van der Waals surface area contributed by atoms with Crippen molar-refractivity contribution in [3.63, 3.8) is 0 Å². The van der Waals surface area contributed by atoms with E-state index in [9.17, 15) is 18.4 Å². The Hall–Kier alpha value is -2.48. The molecule has 0 heterocycles. The Balaban J connectivity index is 2.25. The molecule has 0 spiro atoms. The van der Waals surface area contributed by atoms with E-state index in [1.165, 1.54) is 43.5 Å². The molecule has 0 bridgehead atoms. The van der Waals surface area contributed by atoms with E-state index in [2.05, 4.69) is 30.7 Å². The summed E-state index contributed by atoms with van der Waals surface area (Å²) in [5, 5.41) is 2.55. The van der Waals surface area contributed by atoms with Crippen LogP contribution in [0.5, 0.6) is 5.75 Å². The zero-order valence-electron chi connectivity index (χ0n) is 12.4. The third-order valence-electron chi connectivity index (χ3n) is 2.96.